The number of hydrogen-bond acceptors (Lipinski definition) is 4. The molecule has 4 N–H and O–H groups in total. The van der Waals surface area contributed by atoms with Crippen LogP contribution in [0.3, 0.4) is 0 Å². The summed E-state index contributed by atoms with van der Waals surface area (Å²) < 4.78 is 0. The van der Waals surface area contributed by atoms with Gasteiger partial charge in [0.2, 0.25) is 0 Å². The second-order valence-electron chi connectivity index (χ2n) is 4.92. The predicted octanol–water partition coefficient (Wildman–Crippen LogP) is 0.709. The van der Waals surface area contributed by atoms with E-state index in [1.807, 2.05) is 23.1 Å². The molecule has 0 spiro atoms. The maximum absolute atomic E-state index is 9.47. The van der Waals surface area contributed by atoms with Crippen molar-refractivity contribution in [2.75, 3.05) is 13.1 Å². The molecular formula is C14H24N2O2. The Balaban J connectivity index is 2.68. The van der Waals surface area contributed by atoms with Crippen molar-refractivity contribution in [3.63, 3.8) is 0 Å². The fourth-order valence-electron chi connectivity index (χ4n) is 2.06. The van der Waals surface area contributed by atoms with Gasteiger partial charge in [0.05, 0.1) is 12.2 Å². The highest BCUT2D eigenvalue weighted by Gasteiger charge is 2.11. The first-order chi connectivity index (χ1) is 8.51. The van der Waals surface area contributed by atoms with Crippen LogP contribution in [0.2, 0.25) is 0 Å². The van der Waals surface area contributed by atoms with E-state index in [-0.39, 0.29) is 0 Å². The zero-order valence-corrected chi connectivity index (χ0v) is 11.2. The average Bonchev–Trinajstić information content (AvgIpc) is 2.27. The van der Waals surface area contributed by atoms with E-state index >= 15 is 0 Å². The number of benzene rings is 1. The summed E-state index contributed by atoms with van der Waals surface area (Å²) in [4.78, 5) is 2.05. The van der Waals surface area contributed by atoms with Crippen LogP contribution in [0.15, 0.2) is 24.3 Å². The number of aliphatic hydroxyl groups is 2. The molecule has 2 unspecified atom stereocenters. The monoisotopic (exact) mass is 252 g/mol. The zero-order chi connectivity index (χ0) is 13.5. The molecule has 0 aromatic heterocycles. The SMILES string of the molecule is CC(O)CN(Cc1cccc(CN)c1)CC(C)O. The predicted molar refractivity (Wildman–Crippen MR) is 73.0 cm³/mol. The molecule has 0 radical (unpaired) electrons. The number of aliphatic hydroxyl groups excluding tert-OH is 2. The molecule has 1 aromatic rings. The van der Waals surface area contributed by atoms with Crippen LogP contribution >= 0.6 is 0 Å². The molecule has 4 nitrogen and oxygen atoms in total. The molecule has 0 heterocycles. The van der Waals surface area contributed by atoms with Crippen molar-refractivity contribution in [2.24, 2.45) is 5.73 Å². The van der Waals surface area contributed by atoms with Crippen molar-refractivity contribution in [1.82, 2.24) is 4.90 Å². The minimum absolute atomic E-state index is 0.401. The molecule has 102 valence electrons. The zero-order valence-electron chi connectivity index (χ0n) is 11.2. The molecule has 1 aromatic carbocycles. The highest BCUT2D eigenvalue weighted by atomic mass is 16.3. The summed E-state index contributed by atoms with van der Waals surface area (Å²) in [6, 6.07) is 8.09. The second-order valence-corrected chi connectivity index (χ2v) is 4.92. The van der Waals surface area contributed by atoms with Gasteiger partial charge in [-0.3, -0.25) is 4.90 Å². The van der Waals surface area contributed by atoms with Crippen LogP contribution in [-0.2, 0) is 13.1 Å². The molecule has 0 amide bonds. The summed E-state index contributed by atoms with van der Waals surface area (Å²) in [5.41, 5.74) is 7.87. The molecule has 18 heavy (non-hydrogen) atoms. The van der Waals surface area contributed by atoms with Crippen LogP contribution in [-0.4, -0.2) is 40.4 Å². The van der Waals surface area contributed by atoms with Gasteiger partial charge in [0.25, 0.3) is 0 Å². The van der Waals surface area contributed by atoms with Gasteiger partial charge in [-0.15, -0.1) is 0 Å². The Kier molecular flexibility index (Phi) is 6.29. The lowest BCUT2D eigenvalue weighted by Crippen LogP contribution is -2.35. The summed E-state index contributed by atoms with van der Waals surface area (Å²) in [7, 11) is 0. The fourth-order valence-corrected chi connectivity index (χ4v) is 2.06. The van der Waals surface area contributed by atoms with Gasteiger partial charge in [-0.05, 0) is 25.0 Å². The van der Waals surface area contributed by atoms with Crippen LogP contribution in [0.4, 0.5) is 0 Å². The Morgan fingerprint density at radius 1 is 1.11 bits per heavy atom. The third kappa shape index (κ3) is 5.60. The first-order valence-electron chi connectivity index (χ1n) is 6.37. The molecule has 1 rings (SSSR count). The lowest BCUT2D eigenvalue weighted by molar-refractivity contribution is 0.0794. The van der Waals surface area contributed by atoms with E-state index in [4.69, 9.17) is 5.73 Å². The van der Waals surface area contributed by atoms with E-state index in [1.54, 1.807) is 13.8 Å². The average molecular weight is 252 g/mol. The Bertz CT molecular complexity index is 343. The van der Waals surface area contributed by atoms with E-state index in [0.717, 1.165) is 11.1 Å². The standard InChI is InChI=1S/C14H24N2O2/c1-11(17)8-16(9-12(2)18)10-14-5-3-4-13(6-14)7-15/h3-6,11-12,17-18H,7-10,15H2,1-2H3. The van der Waals surface area contributed by atoms with Gasteiger partial charge in [0.15, 0.2) is 0 Å². The molecule has 0 saturated carbocycles. The molecule has 2 atom stereocenters. The van der Waals surface area contributed by atoms with Crippen molar-refractivity contribution in [3.8, 4) is 0 Å². The Hall–Kier alpha value is -0.940. The van der Waals surface area contributed by atoms with Crippen molar-refractivity contribution < 1.29 is 10.2 Å². The number of nitrogens with zero attached hydrogens (tertiary/aromatic N) is 1. The lowest BCUT2D eigenvalue weighted by Gasteiger charge is -2.25. The van der Waals surface area contributed by atoms with Crippen LogP contribution in [0.5, 0.6) is 0 Å². The maximum Gasteiger partial charge on any atom is 0.0639 e. The van der Waals surface area contributed by atoms with Crippen LogP contribution in [0.25, 0.3) is 0 Å². The smallest absolute Gasteiger partial charge is 0.0639 e. The van der Waals surface area contributed by atoms with Gasteiger partial charge in [-0.2, -0.15) is 0 Å². The van der Waals surface area contributed by atoms with Crippen molar-refractivity contribution in [1.29, 1.82) is 0 Å². The van der Waals surface area contributed by atoms with E-state index in [9.17, 15) is 10.2 Å². The quantitative estimate of drug-likeness (QED) is 0.668. The Morgan fingerprint density at radius 3 is 2.17 bits per heavy atom. The number of rotatable bonds is 7. The molecular weight excluding hydrogens is 228 g/mol. The normalized spacial score (nSPS) is 14.8. The number of hydrogen-bond donors (Lipinski definition) is 3. The highest BCUT2D eigenvalue weighted by Crippen LogP contribution is 2.09. The molecule has 0 bridgehead atoms. The molecule has 0 aliphatic rings. The van der Waals surface area contributed by atoms with E-state index in [1.165, 1.54) is 0 Å². The number of nitrogens with two attached hydrogens (primary N) is 1. The molecule has 0 aliphatic carbocycles. The third-order valence-corrected chi connectivity index (χ3v) is 2.68. The van der Waals surface area contributed by atoms with Gasteiger partial charge in [-0.1, -0.05) is 24.3 Å². The first-order valence-corrected chi connectivity index (χ1v) is 6.37. The van der Waals surface area contributed by atoms with Crippen molar-refractivity contribution >= 4 is 0 Å². The topological polar surface area (TPSA) is 69.7 Å². The largest absolute Gasteiger partial charge is 0.392 e. The molecule has 0 aliphatic heterocycles. The lowest BCUT2D eigenvalue weighted by atomic mass is 10.1. The summed E-state index contributed by atoms with van der Waals surface area (Å²) >= 11 is 0. The first kappa shape index (κ1) is 15.1. The van der Waals surface area contributed by atoms with Gasteiger partial charge < -0.3 is 15.9 Å². The summed E-state index contributed by atoms with van der Waals surface area (Å²) in [5, 5.41) is 18.9. The van der Waals surface area contributed by atoms with Gasteiger partial charge in [0.1, 0.15) is 0 Å². The van der Waals surface area contributed by atoms with Crippen molar-refractivity contribution in [2.45, 2.75) is 39.1 Å². The third-order valence-electron chi connectivity index (χ3n) is 2.68. The van der Waals surface area contributed by atoms with Crippen LogP contribution < -0.4 is 5.73 Å². The molecule has 0 fully saturated rings. The van der Waals surface area contributed by atoms with Crippen molar-refractivity contribution in [3.05, 3.63) is 35.4 Å². The van der Waals surface area contributed by atoms with Gasteiger partial charge >= 0.3 is 0 Å². The fraction of sp³-hybridized carbons (Fsp3) is 0.571. The van der Waals surface area contributed by atoms with Crippen LogP contribution in [0.1, 0.15) is 25.0 Å². The van der Waals surface area contributed by atoms with Crippen LogP contribution in [0, 0.1) is 0 Å². The molecule has 0 saturated heterocycles. The summed E-state index contributed by atoms with van der Waals surface area (Å²) in [6.07, 6.45) is -0.803. The van der Waals surface area contributed by atoms with E-state index in [0.29, 0.717) is 26.2 Å². The van der Waals surface area contributed by atoms with E-state index < -0.39 is 12.2 Å². The van der Waals surface area contributed by atoms with E-state index in [2.05, 4.69) is 6.07 Å². The summed E-state index contributed by atoms with van der Waals surface area (Å²) in [6.45, 7) is 5.86. The van der Waals surface area contributed by atoms with Gasteiger partial charge in [-0.25, -0.2) is 0 Å². The maximum atomic E-state index is 9.47. The molecule has 4 heteroatoms. The van der Waals surface area contributed by atoms with Gasteiger partial charge in [0, 0.05) is 26.2 Å². The Labute approximate surface area is 109 Å². The minimum Gasteiger partial charge on any atom is -0.392 e. The minimum atomic E-state index is -0.401. The Morgan fingerprint density at radius 2 is 1.67 bits per heavy atom. The summed E-state index contributed by atoms with van der Waals surface area (Å²) in [5.74, 6) is 0. The highest BCUT2D eigenvalue weighted by molar-refractivity contribution is 5.23. The second kappa shape index (κ2) is 7.48.